The molecule has 0 fully saturated rings. The zero-order chi connectivity index (χ0) is 22.7. The molecule has 7 heteroatoms. The van der Waals surface area contributed by atoms with Gasteiger partial charge in [-0.1, -0.05) is 36.4 Å². The van der Waals surface area contributed by atoms with E-state index in [4.69, 9.17) is 4.74 Å². The fraction of sp³-hybridized carbons (Fsp3) is 0.120. The van der Waals surface area contributed by atoms with Crippen LogP contribution in [0.4, 0.5) is 11.5 Å². The van der Waals surface area contributed by atoms with E-state index in [0.29, 0.717) is 16.9 Å². The molecule has 0 bridgehead atoms. The van der Waals surface area contributed by atoms with E-state index in [2.05, 4.69) is 15.5 Å². The van der Waals surface area contributed by atoms with Crippen molar-refractivity contribution in [3.05, 3.63) is 83.9 Å². The minimum Gasteiger partial charge on any atom is -0.465 e. The number of carbonyl (C=O) groups is 2. The molecule has 1 amide bonds. The highest BCUT2D eigenvalue weighted by Crippen LogP contribution is 2.31. The van der Waals surface area contributed by atoms with E-state index in [-0.39, 0.29) is 11.9 Å². The lowest BCUT2D eigenvalue weighted by atomic mass is 10.0. The predicted octanol–water partition coefficient (Wildman–Crippen LogP) is 4.53. The first-order chi connectivity index (χ1) is 15.5. The Balaban J connectivity index is 1.67. The Labute approximate surface area is 185 Å². The van der Waals surface area contributed by atoms with Gasteiger partial charge in [-0.25, -0.2) is 4.79 Å². The fourth-order valence-corrected chi connectivity index (χ4v) is 3.38. The lowest BCUT2D eigenvalue weighted by Gasteiger charge is -2.13. The highest BCUT2D eigenvalue weighted by atomic mass is 16.5. The smallest absolute Gasteiger partial charge is 0.337 e. The van der Waals surface area contributed by atoms with Crippen molar-refractivity contribution < 1.29 is 14.3 Å². The molecule has 4 rings (SSSR count). The van der Waals surface area contributed by atoms with Crippen LogP contribution in [0.2, 0.25) is 0 Å². The largest absolute Gasteiger partial charge is 0.465 e. The SMILES string of the molecule is COC(=O)c1ccc(-c2nnc(Nc3ccc(C(=O)N(C)C)cc3)c3ccccc23)cc1. The highest BCUT2D eigenvalue weighted by Gasteiger charge is 2.13. The molecule has 4 aromatic rings. The van der Waals surface area contributed by atoms with E-state index in [1.165, 1.54) is 12.0 Å². The molecule has 0 radical (unpaired) electrons. The molecule has 160 valence electrons. The first kappa shape index (κ1) is 21.0. The molecule has 7 nitrogen and oxygen atoms in total. The quantitative estimate of drug-likeness (QED) is 0.472. The van der Waals surface area contributed by atoms with Crippen molar-refractivity contribution >= 4 is 34.2 Å². The number of anilines is 2. The molecule has 0 aliphatic rings. The van der Waals surface area contributed by atoms with Crippen molar-refractivity contribution in [3.8, 4) is 11.3 Å². The number of rotatable bonds is 5. The monoisotopic (exact) mass is 426 g/mol. The molecule has 1 heterocycles. The Kier molecular flexibility index (Phi) is 5.81. The summed E-state index contributed by atoms with van der Waals surface area (Å²) >= 11 is 0. The summed E-state index contributed by atoms with van der Waals surface area (Å²) in [6, 6.07) is 22.2. The van der Waals surface area contributed by atoms with Crippen molar-refractivity contribution in [2.45, 2.75) is 0 Å². The van der Waals surface area contributed by atoms with Gasteiger partial charge >= 0.3 is 5.97 Å². The van der Waals surface area contributed by atoms with Crippen LogP contribution < -0.4 is 5.32 Å². The molecule has 0 spiro atoms. The van der Waals surface area contributed by atoms with Gasteiger partial charge in [0, 0.05) is 41.7 Å². The summed E-state index contributed by atoms with van der Waals surface area (Å²) in [5.74, 6) is 0.178. The molecule has 0 unspecified atom stereocenters. The van der Waals surface area contributed by atoms with E-state index in [0.717, 1.165) is 27.7 Å². The minimum atomic E-state index is -0.384. The molecule has 0 atom stereocenters. The van der Waals surface area contributed by atoms with Crippen LogP contribution >= 0.6 is 0 Å². The van der Waals surface area contributed by atoms with Gasteiger partial charge in [-0.15, -0.1) is 10.2 Å². The van der Waals surface area contributed by atoms with E-state index >= 15 is 0 Å². The van der Waals surface area contributed by atoms with Gasteiger partial charge in [0.2, 0.25) is 0 Å². The predicted molar refractivity (Wildman–Crippen MR) is 124 cm³/mol. The molecule has 0 saturated carbocycles. The van der Waals surface area contributed by atoms with Crippen molar-refractivity contribution in [1.82, 2.24) is 15.1 Å². The zero-order valence-corrected chi connectivity index (χ0v) is 18.0. The van der Waals surface area contributed by atoms with E-state index in [9.17, 15) is 9.59 Å². The molecule has 32 heavy (non-hydrogen) atoms. The van der Waals surface area contributed by atoms with Crippen LogP contribution in [-0.4, -0.2) is 48.2 Å². The zero-order valence-electron chi connectivity index (χ0n) is 18.0. The summed E-state index contributed by atoms with van der Waals surface area (Å²) in [5, 5.41) is 14.0. The van der Waals surface area contributed by atoms with Crippen molar-refractivity contribution in [2.75, 3.05) is 26.5 Å². The lowest BCUT2D eigenvalue weighted by molar-refractivity contribution is 0.0600. The number of carbonyl (C=O) groups excluding carboxylic acids is 2. The average molecular weight is 426 g/mol. The van der Waals surface area contributed by atoms with Gasteiger partial charge < -0.3 is 15.0 Å². The molecule has 0 saturated heterocycles. The first-order valence-electron chi connectivity index (χ1n) is 10.0. The van der Waals surface area contributed by atoms with Crippen LogP contribution in [0.3, 0.4) is 0 Å². The van der Waals surface area contributed by atoms with Crippen LogP contribution in [0, 0.1) is 0 Å². The van der Waals surface area contributed by atoms with Crippen LogP contribution in [-0.2, 0) is 4.74 Å². The normalized spacial score (nSPS) is 10.6. The Bertz CT molecular complexity index is 1280. The van der Waals surface area contributed by atoms with Crippen LogP contribution in [0.15, 0.2) is 72.8 Å². The topological polar surface area (TPSA) is 84.4 Å². The van der Waals surface area contributed by atoms with E-state index in [1.807, 2.05) is 48.5 Å². The Morgan fingerprint density at radius 3 is 2.06 bits per heavy atom. The number of nitrogens with zero attached hydrogens (tertiary/aromatic N) is 3. The molecule has 3 aromatic carbocycles. The number of fused-ring (bicyclic) bond motifs is 1. The van der Waals surface area contributed by atoms with Gasteiger partial charge in [0.25, 0.3) is 5.91 Å². The molecular weight excluding hydrogens is 404 g/mol. The first-order valence-corrected chi connectivity index (χ1v) is 10.0. The number of hydrogen-bond acceptors (Lipinski definition) is 6. The van der Waals surface area contributed by atoms with Crippen LogP contribution in [0.1, 0.15) is 20.7 Å². The Morgan fingerprint density at radius 2 is 1.44 bits per heavy atom. The standard InChI is InChI=1S/C25H22N4O3/c1-29(2)24(30)17-12-14-19(15-13-17)26-23-21-7-5-4-6-20(21)22(27-28-23)16-8-10-18(11-9-16)25(31)32-3/h4-15H,1-3H3,(H,26,28). The van der Waals surface area contributed by atoms with Crippen LogP contribution in [0.25, 0.3) is 22.0 Å². The summed E-state index contributed by atoms with van der Waals surface area (Å²) in [6.07, 6.45) is 0. The van der Waals surface area contributed by atoms with Crippen LogP contribution in [0.5, 0.6) is 0 Å². The minimum absolute atomic E-state index is 0.0515. The van der Waals surface area contributed by atoms with Crippen molar-refractivity contribution in [3.63, 3.8) is 0 Å². The summed E-state index contributed by atoms with van der Waals surface area (Å²) in [5.41, 5.74) is 3.45. The maximum atomic E-state index is 12.1. The maximum absolute atomic E-state index is 12.1. The second-order valence-corrected chi connectivity index (χ2v) is 7.41. The number of benzene rings is 3. The Hall–Kier alpha value is -4.26. The number of hydrogen-bond donors (Lipinski definition) is 1. The number of esters is 1. The number of methoxy groups -OCH3 is 1. The summed E-state index contributed by atoms with van der Waals surface area (Å²) < 4.78 is 4.76. The number of nitrogens with one attached hydrogen (secondary N) is 1. The number of amides is 1. The summed E-state index contributed by atoms with van der Waals surface area (Å²) in [6.45, 7) is 0. The van der Waals surface area contributed by atoms with E-state index < -0.39 is 0 Å². The third kappa shape index (κ3) is 4.13. The third-order valence-corrected chi connectivity index (χ3v) is 5.07. The third-order valence-electron chi connectivity index (χ3n) is 5.07. The average Bonchev–Trinajstić information content (AvgIpc) is 2.84. The molecule has 1 aromatic heterocycles. The summed E-state index contributed by atoms with van der Waals surface area (Å²) in [4.78, 5) is 25.3. The highest BCUT2D eigenvalue weighted by molar-refractivity contribution is 6.01. The lowest BCUT2D eigenvalue weighted by Crippen LogP contribution is -2.21. The van der Waals surface area contributed by atoms with Gasteiger partial charge in [0.15, 0.2) is 5.82 Å². The number of aromatic nitrogens is 2. The van der Waals surface area contributed by atoms with Crippen molar-refractivity contribution in [2.24, 2.45) is 0 Å². The molecular formula is C25H22N4O3. The number of ether oxygens (including phenoxy) is 1. The van der Waals surface area contributed by atoms with Gasteiger partial charge in [-0.3, -0.25) is 4.79 Å². The Morgan fingerprint density at radius 1 is 0.812 bits per heavy atom. The van der Waals surface area contributed by atoms with E-state index in [1.54, 1.807) is 38.4 Å². The fourth-order valence-electron chi connectivity index (χ4n) is 3.38. The second-order valence-electron chi connectivity index (χ2n) is 7.41. The van der Waals surface area contributed by atoms with Gasteiger partial charge in [0.05, 0.1) is 12.7 Å². The second kappa shape index (κ2) is 8.85. The summed E-state index contributed by atoms with van der Waals surface area (Å²) in [7, 11) is 4.80. The molecule has 1 N–H and O–H groups in total. The molecule has 0 aliphatic carbocycles. The molecule has 0 aliphatic heterocycles. The maximum Gasteiger partial charge on any atom is 0.337 e. The van der Waals surface area contributed by atoms with Gasteiger partial charge in [-0.05, 0) is 36.4 Å². The van der Waals surface area contributed by atoms with Crippen molar-refractivity contribution in [1.29, 1.82) is 0 Å². The van der Waals surface area contributed by atoms with Gasteiger partial charge in [-0.2, -0.15) is 0 Å². The van der Waals surface area contributed by atoms with Gasteiger partial charge in [0.1, 0.15) is 5.69 Å².